The number of rotatable bonds is 4. The lowest BCUT2D eigenvalue weighted by Crippen LogP contribution is -2.35. The van der Waals surface area contributed by atoms with Gasteiger partial charge in [-0.1, -0.05) is 0 Å². The first-order valence-corrected chi connectivity index (χ1v) is 6.73. The predicted molar refractivity (Wildman–Crippen MR) is 76.5 cm³/mol. The van der Waals surface area contributed by atoms with Gasteiger partial charge in [-0.25, -0.2) is 0 Å². The normalized spacial score (nSPS) is 20.2. The van der Waals surface area contributed by atoms with Crippen molar-refractivity contribution in [3.8, 4) is 0 Å². The van der Waals surface area contributed by atoms with E-state index in [2.05, 4.69) is 17.3 Å². The third-order valence-corrected chi connectivity index (χ3v) is 3.59. The van der Waals surface area contributed by atoms with Gasteiger partial charge in [0.25, 0.3) is 5.69 Å². The zero-order valence-corrected chi connectivity index (χ0v) is 11.6. The van der Waals surface area contributed by atoms with Crippen molar-refractivity contribution in [2.45, 2.75) is 19.8 Å². The van der Waals surface area contributed by atoms with Crippen molar-refractivity contribution in [2.75, 3.05) is 32.0 Å². The van der Waals surface area contributed by atoms with E-state index in [1.165, 1.54) is 19.4 Å². The minimum absolute atomic E-state index is 0.156. The molecule has 1 aliphatic rings. The molecule has 104 valence electrons. The van der Waals surface area contributed by atoms with E-state index < -0.39 is 0 Å². The average Bonchev–Trinajstić information content (AvgIpc) is 2.36. The number of nitro benzene ring substituents is 1. The van der Waals surface area contributed by atoms with E-state index in [0.717, 1.165) is 24.3 Å². The highest BCUT2D eigenvalue weighted by Gasteiger charge is 2.17. The summed E-state index contributed by atoms with van der Waals surface area (Å²) >= 11 is 0. The monoisotopic (exact) mass is 263 g/mol. The van der Waals surface area contributed by atoms with E-state index in [4.69, 9.17) is 0 Å². The van der Waals surface area contributed by atoms with Crippen LogP contribution in [0.4, 0.5) is 11.4 Å². The standard InChI is InChI=1S/C14H21N3O2/c1-11-6-13(8-14(7-11)17(18)19)15-9-12-4-3-5-16(2)10-12/h6-8,12,15H,3-5,9-10H2,1-2H3. The maximum Gasteiger partial charge on any atom is 0.271 e. The van der Waals surface area contributed by atoms with E-state index >= 15 is 0 Å². The molecule has 1 N–H and O–H groups in total. The number of nitro groups is 1. The Morgan fingerprint density at radius 3 is 2.95 bits per heavy atom. The lowest BCUT2D eigenvalue weighted by atomic mass is 9.98. The number of anilines is 1. The van der Waals surface area contributed by atoms with Gasteiger partial charge in [0, 0.05) is 30.9 Å². The zero-order chi connectivity index (χ0) is 13.8. The van der Waals surface area contributed by atoms with Crippen molar-refractivity contribution in [2.24, 2.45) is 5.92 Å². The van der Waals surface area contributed by atoms with Crippen molar-refractivity contribution in [3.63, 3.8) is 0 Å². The maximum absolute atomic E-state index is 10.8. The largest absolute Gasteiger partial charge is 0.385 e. The molecule has 1 aliphatic heterocycles. The summed E-state index contributed by atoms with van der Waals surface area (Å²) < 4.78 is 0. The molecule has 1 aromatic rings. The molecule has 5 heteroatoms. The first kappa shape index (κ1) is 13.8. The Balaban J connectivity index is 1.97. The Kier molecular flexibility index (Phi) is 4.37. The van der Waals surface area contributed by atoms with Gasteiger partial charge in [-0.15, -0.1) is 0 Å². The highest BCUT2D eigenvalue weighted by atomic mass is 16.6. The molecule has 1 saturated heterocycles. The van der Waals surface area contributed by atoms with Crippen LogP contribution in [0.5, 0.6) is 0 Å². The molecule has 1 unspecified atom stereocenters. The van der Waals surface area contributed by atoms with E-state index in [1.54, 1.807) is 12.1 Å². The van der Waals surface area contributed by atoms with Crippen molar-refractivity contribution in [1.29, 1.82) is 0 Å². The van der Waals surface area contributed by atoms with Crippen LogP contribution in [0.3, 0.4) is 0 Å². The number of aryl methyl sites for hydroxylation is 1. The highest BCUT2D eigenvalue weighted by Crippen LogP contribution is 2.22. The summed E-state index contributed by atoms with van der Waals surface area (Å²) in [6, 6.07) is 5.17. The summed E-state index contributed by atoms with van der Waals surface area (Å²) in [4.78, 5) is 12.8. The second kappa shape index (κ2) is 6.02. The Labute approximate surface area is 113 Å². The van der Waals surface area contributed by atoms with Crippen LogP contribution < -0.4 is 5.32 Å². The molecule has 0 saturated carbocycles. The number of hydrogen-bond acceptors (Lipinski definition) is 4. The predicted octanol–water partition coefficient (Wildman–Crippen LogP) is 2.66. The number of likely N-dealkylation sites (tertiary alicyclic amines) is 1. The molecule has 1 atom stereocenters. The topological polar surface area (TPSA) is 58.4 Å². The van der Waals surface area contributed by atoms with Gasteiger partial charge in [0.15, 0.2) is 0 Å². The third-order valence-electron chi connectivity index (χ3n) is 3.59. The molecule has 0 spiro atoms. The van der Waals surface area contributed by atoms with Crippen LogP contribution in [-0.2, 0) is 0 Å². The SMILES string of the molecule is Cc1cc(NCC2CCCN(C)C2)cc([N+](=O)[O-])c1. The zero-order valence-electron chi connectivity index (χ0n) is 11.6. The van der Waals surface area contributed by atoms with Crippen molar-refractivity contribution >= 4 is 11.4 Å². The van der Waals surface area contributed by atoms with Crippen LogP contribution in [0.25, 0.3) is 0 Å². The van der Waals surface area contributed by atoms with Gasteiger partial charge in [-0.3, -0.25) is 10.1 Å². The number of benzene rings is 1. The van der Waals surface area contributed by atoms with Gasteiger partial charge in [0.1, 0.15) is 0 Å². The minimum atomic E-state index is -0.341. The number of non-ortho nitro benzene ring substituents is 1. The summed E-state index contributed by atoms with van der Waals surface area (Å²) in [5.74, 6) is 0.623. The number of nitrogens with one attached hydrogen (secondary N) is 1. The summed E-state index contributed by atoms with van der Waals surface area (Å²) in [5.41, 5.74) is 1.92. The fourth-order valence-electron chi connectivity index (χ4n) is 2.67. The molecular formula is C14H21N3O2. The molecule has 1 fully saturated rings. The Hall–Kier alpha value is -1.62. The molecule has 0 amide bonds. The molecule has 0 aliphatic carbocycles. The van der Waals surface area contributed by atoms with E-state index in [9.17, 15) is 10.1 Å². The van der Waals surface area contributed by atoms with Gasteiger partial charge in [0.2, 0.25) is 0 Å². The molecule has 0 radical (unpaired) electrons. The lowest BCUT2D eigenvalue weighted by molar-refractivity contribution is -0.384. The van der Waals surface area contributed by atoms with Gasteiger partial charge >= 0.3 is 0 Å². The summed E-state index contributed by atoms with van der Waals surface area (Å²) in [7, 11) is 2.14. The summed E-state index contributed by atoms with van der Waals surface area (Å²) in [6.45, 7) is 5.03. The smallest absolute Gasteiger partial charge is 0.271 e. The Morgan fingerprint density at radius 1 is 1.47 bits per heavy atom. The third kappa shape index (κ3) is 3.92. The van der Waals surface area contributed by atoms with Gasteiger partial charge < -0.3 is 10.2 Å². The summed E-state index contributed by atoms with van der Waals surface area (Å²) in [5, 5.41) is 14.2. The molecule has 1 heterocycles. The van der Waals surface area contributed by atoms with Crippen LogP contribution in [0.15, 0.2) is 18.2 Å². The van der Waals surface area contributed by atoms with Crippen molar-refractivity contribution < 1.29 is 4.92 Å². The van der Waals surface area contributed by atoms with E-state index in [-0.39, 0.29) is 10.6 Å². The molecule has 1 aromatic carbocycles. The summed E-state index contributed by atoms with van der Waals surface area (Å²) in [6.07, 6.45) is 2.46. The Morgan fingerprint density at radius 2 is 2.26 bits per heavy atom. The molecule has 0 bridgehead atoms. The second-order valence-corrected chi connectivity index (χ2v) is 5.47. The highest BCUT2D eigenvalue weighted by molar-refractivity contribution is 5.53. The van der Waals surface area contributed by atoms with E-state index in [1.807, 2.05) is 13.0 Å². The van der Waals surface area contributed by atoms with Crippen LogP contribution in [0.2, 0.25) is 0 Å². The first-order chi connectivity index (χ1) is 9.04. The number of piperidine rings is 1. The van der Waals surface area contributed by atoms with E-state index in [0.29, 0.717) is 5.92 Å². The van der Waals surface area contributed by atoms with Crippen LogP contribution in [-0.4, -0.2) is 36.5 Å². The Bertz CT molecular complexity index is 462. The minimum Gasteiger partial charge on any atom is -0.385 e. The second-order valence-electron chi connectivity index (χ2n) is 5.47. The number of nitrogens with zero attached hydrogens (tertiary/aromatic N) is 2. The number of hydrogen-bond donors (Lipinski definition) is 1. The van der Waals surface area contributed by atoms with Crippen LogP contribution in [0.1, 0.15) is 18.4 Å². The molecule has 0 aromatic heterocycles. The molecule has 19 heavy (non-hydrogen) atoms. The molecule has 2 rings (SSSR count). The quantitative estimate of drug-likeness (QED) is 0.670. The average molecular weight is 263 g/mol. The molecular weight excluding hydrogens is 242 g/mol. The maximum atomic E-state index is 10.8. The fraction of sp³-hybridized carbons (Fsp3) is 0.571. The van der Waals surface area contributed by atoms with Gasteiger partial charge in [-0.05, 0) is 50.9 Å². The first-order valence-electron chi connectivity index (χ1n) is 6.73. The molecule has 5 nitrogen and oxygen atoms in total. The fourth-order valence-corrected chi connectivity index (χ4v) is 2.67. The van der Waals surface area contributed by atoms with Crippen LogP contribution >= 0.6 is 0 Å². The van der Waals surface area contributed by atoms with Gasteiger partial charge in [-0.2, -0.15) is 0 Å². The van der Waals surface area contributed by atoms with Crippen molar-refractivity contribution in [1.82, 2.24) is 4.90 Å². The van der Waals surface area contributed by atoms with Crippen LogP contribution in [0, 0.1) is 23.0 Å². The van der Waals surface area contributed by atoms with Gasteiger partial charge in [0.05, 0.1) is 4.92 Å². The lowest BCUT2D eigenvalue weighted by Gasteiger charge is -2.29. The van der Waals surface area contributed by atoms with Crippen molar-refractivity contribution in [3.05, 3.63) is 33.9 Å².